The summed E-state index contributed by atoms with van der Waals surface area (Å²) >= 11 is 0. The van der Waals surface area contributed by atoms with Crippen molar-refractivity contribution in [2.45, 2.75) is 12.8 Å². The van der Waals surface area contributed by atoms with E-state index < -0.39 is 0 Å². The van der Waals surface area contributed by atoms with E-state index in [1.54, 1.807) is 7.11 Å². The minimum atomic E-state index is 0.314. The molecule has 1 atom stereocenters. The molecule has 1 saturated heterocycles. The average Bonchev–Trinajstić information content (AvgIpc) is 2.16. The van der Waals surface area contributed by atoms with E-state index in [1.165, 1.54) is 12.0 Å². The van der Waals surface area contributed by atoms with E-state index in [-0.39, 0.29) is 0 Å². The Morgan fingerprint density at radius 2 is 2.36 bits per heavy atom. The number of hydrogen-bond donors (Lipinski definition) is 1. The molecule has 1 unspecified atom stereocenters. The third-order valence-electron chi connectivity index (χ3n) is 3.12. The van der Waals surface area contributed by atoms with Gasteiger partial charge >= 0.3 is 0 Å². The van der Waals surface area contributed by atoms with Gasteiger partial charge in [-0.15, -0.1) is 0 Å². The quantitative estimate of drug-likeness (QED) is 0.691. The summed E-state index contributed by atoms with van der Waals surface area (Å²) in [4.78, 5) is 2.29. The molecule has 3 nitrogen and oxygen atoms in total. The van der Waals surface area contributed by atoms with Gasteiger partial charge in [0.05, 0.1) is 7.11 Å². The first-order valence-corrected chi connectivity index (χ1v) is 5.06. The Morgan fingerprint density at radius 3 is 3.07 bits per heavy atom. The summed E-state index contributed by atoms with van der Waals surface area (Å²) < 4.78 is 5.15. The van der Waals surface area contributed by atoms with E-state index >= 15 is 0 Å². The zero-order chi connectivity index (χ0) is 10.1. The van der Waals surface area contributed by atoms with Crippen molar-refractivity contribution >= 4 is 0 Å². The normalized spacial score (nSPS) is 28.4. The van der Waals surface area contributed by atoms with Crippen molar-refractivity contribution < 1.29 is 9.84 Å². The van der Waals surface area contributed by atoms with E-state index in [1.807, 2.05) is 6.08 Å². The second-order valence-corrected chi connectivity index (χ2v) is 4.16. The van der Waals surface area contributed by atoms with Crippen LogP contribution in [0.3, 0.4) is 0 Å². The number of fused-ring (bicyclic) bond motifs is 1. The fourth-order valence-electron chi connectivity index (χ4n) is 2.25. The number of rotatable bonds is 1. The van der Waals surface area contributed by atoms with Crippen molar-refractivity contribution in [2.24, 2.45) is 5.92 Å². The maximum absolute atomic E-state index is 9.65. The third kappa shape index (κ3) is 1.64. The first kappa shape index (κ1) is 9.59. The molecule has 1 aliphatic heterocycles. The Bertz CT molecular complexity index is 294. The fraction of sp³-hybridized carbons (Fsp3) is 0.636. The lowest BCUT2D eigenvalue weighted by molar-refractivity contribution is 0.205. The highest BCUT2D eigenvalue weighted by atomic mass is 16.5. The van der Waals surface area contributed by atoms with Gasteiger partial charge in [0.15, 0.2) is 5.76 Å². The van der Waals surface area contributed by atoms with Crippen LogP contribution >= 0.6 is 0 Å². The number of likely N-dealkylation sites (N-methyl/N-ethyl adjacent to an activating group) is 1. The van der Waals surface area contributed by atoms with Gasteiger partial charge in [0.2, 0.25) is 0 Å². The molecule has 0 saturated carbocycles. The monoisotopic (exact) mass is 195 g/mol. The minimum absolute atomic E-state index is 0.314. The molecule has 1 aliphatic carbocycles. The van der Waals surface area contributed by atoms with Gasteiger partial charge in [-0.05, 0) is 37.6 Å². The molecule has 0 aromatic carbocycles. The van der Waals surface area contributed by atoms with Gasteiger partial charge in [-0.1, -0.05) is 0 Å². The summed E-state index contributed by atoms with van der Waals surface area (Å²) in [6.07, 6.45) is 3.91. The number of piperidine rings is 1. The molecule has 2 rings (SSSR count). The summed E-state index contributed by atoms with van der Waals surface area (Å²) in [5.74, 6) is 1.63. The molecule has 3 heteroatoms. The molecular formula is C11H17NO2. The maximum atomic E-state index is 9.65. The standard InChI is InChI=1S/C11H17NO2/c1-12-4-3-8-6-11(14-2)10(13)5-9(8)7-12/h5,8,13H,3-4,6-7H2,1-2H3. The van der Waals surface area contributed by atoms with Gasteiger partial charge in [-0.2, -0.15) is 0 Å². The lowest BCUT2D eigenvalue weighted by Gasteiger charge is -2.34. The predicted molar refractivity (Wildman–Crippen MR) is 55.0 cm³/mol. The second-order valence-electron chi connectivity index (χ2n) is 4.16. The highest BCUT2D eigenvalue weighted by Crippen LogP contribution is 2.33. The summed E-state index contributed by atoms with van der Waals surface area (Å²) in [6.45, 7) is 2.12. The number of allylic oxidation sites excluding steroid dienone is 2. The number of aliphatic hydroxyl groups is 1. The zero-order valence-corrected chi connectivity index (χ0v) is 8.79. The summed E-state index contributed by atoms with van der Waals surface area (Å²) in [6, 6.07) is 0. The van der Waals surface area contributed by atoms with Gasteiger partial charge in [0.25, 0.3) is 0 Å². The molecule has 0 spiro atoms. The predicted octanol–water partition coefficient (Wildman–Crippen LogP) is 1.68. The van der Waals surface area contributed by atoms with Crippen molar-refractivity contribution in [3.8, 4) is 0 Å². The molecular weight excluding hydrogens is 178 g/mol. The van der Waals surface area contributed by atoms with Crippen LogP contribution in [0.4, 0.5) is 0 Å². The van der Waals surface area contributed by atoms with E-state index in [2.05, 4.69) is 11.9 Å². The Morgan fingerprint density at radius 1 is 1.57 bits per heavy atom. The lowest BCUT2D eigenvalue weighted by Crippen LogP contribution is -2.34. The van der Waals surface area contributed by atoms with Gasteiger partial charge < -0.3 is 14.7 Å². The van der Waals surface area contributed by atoms with Crippen LogP contribution in [-0.2, 0) is 4.74 Å². The highest BCUT2D eigenvalue weighted by Gasteiger charge is 2.27. The van der Waals surface area contributed by atoms with Crippen LogP contribution in [-0.4, -0.2) is 37.3 Å². The first-order valence-electron chi connectivity index (χ1n) is 5.06. The highest BCUT2D eigenvalue weighted by molar-refractivity contribution is 5.30. The van der Waals surface area contributed by atoms with Crippen molar-refractivity contribution in [1.82, 2.24) is 4.90 Å². The molecule has 0 aromatic rings. The van der Waals surface area contributed by atoms with E-state index in [0.29, 0.717) is 11.7 Å². The molecule has 1 heterocycles. The number of methoxy groups -OCH3 is 1. The molecule has 14 heavy (non-hydrogen) atoms. The van der Waals surface area contributed by atoms with Gasteiger partial charge in [0, 0.05) is 13.0 Å². The number of hydrogen-bond acceptors (Lipinski definition) is 3. The van der Waals surface area contributed by atoms with Crippen LogP contribution < -0.4 is 0 Å². The molecule has 1 N–H and O–H groups in total. The molecule has 0 amide bonds. The number of ether oxygens (including phenoxy) is 1. The van der Waals surface area contributed by atoms with Crippen molar-refractivity contribution in [3.63, 3.8) is 0 Å². The summed E-state index contributed by atoms with van der Waals surface area (Å²) in [5, 5.41) is 9.65. The van der Waals surface area contributed by atoms with E-state index in [9.17, 15) is 5.11 Å². The van der Waals surface area contributed by atoms with Crippen LogP contribution in [0.1, 0.15) is 12.8 Å². The van der Waals surface area contributed by atoms with Gasteiger partial charge in [-0.3, -0.25) is 0 Å². The Balaban J connectivity index is 2.20. The van der Waals surface area contributed by atoms with Crippen molar-refractivity contribution in [3.05, 3.63) is 23.2 Å². The van der Waals surface area contributed by atoms with Crippen LogP contribution in [0.2, 0.25) is 0 Å². The Kier molecular flexibility index (Phi) is 2.50. The smallest absolute Gasteiger partial charge is 0.153 e. The van der Waals surface area contributed by atoms with Gasteiger partial charge in [0.1, 0.15) is 5.76 Å². The van der Waals surface area contributed by atoms with Crippen LogP contribution in [0.15, 0.2) is 23.2 Å². The zero-order valence-electron chi connectivity index (χ0n) is 8.79. The summed E-state index contributed by atoms with van der Waals surface area (Å²) in [5.41, 5.74) is 1.34. The minimum Gasteiger partial charge on any atom is -0.504 e. The van der Waals surface area contributed by atoms with Crippen molar-refractivity contribution in [2.75, 3.05) is 27.2 Å². The first-order chi connectivity index (χ1) is 6.70. The van der Waals surface area contributed by atoms with Gasteiger partial charge in [-0.25, -0.2) is 0 Å². The molecule has 1 fully saturated rings. The average molecular weight is 195 g/mol. The maximum Gasteiger partial charge on any atom is 0.153 e. The second kappa shape index (κ2) is 3.65. The molecule has 0 aromatic heterocycles. The molecule has 2 aliphatic rings. The number of likely N-dealkylation sites (tertiary alicyclic amines) is 1. The van der Waals surface area contributed by atoms with E-state index in [0.717, 1.165) is 25.3 Å². The molecule has 0 bridgehead atoms. The van der Waals surface area contributed by atoms with Crippen LogP contribution in [0, 0.1) is 5.92 Å². The lowest BCUT2D eigenvalue weighted by atomic mass is 9.84. The summed E-state index contributed by atoms with van der Waals surface area (Å²) in [7, 11) is 3.74. The topological polar surface area (TPSA) is 32.7 Å². The third-order valence-corrected chi connectivity index (χ3v) is 3.12. The number of aliphatic hydroxyl groups excluding tert-OH is 1. The van der Waals surface area contributed by atoms with E-state index in [4.69, 9.17) is 4.74 Å². The van der Waals surface area contributed by atoms with Crippen molar-refractivity contribution in [1.29, 1.82) is 0 Å². The molecule has 0 radical (unpaired) electrons. The number of nitrogens with zero attached hydrogens (tertiary/aromatic N) is 1. The Labute approximate surface area is 84.7 Å². The fourth-order valence-corrected chi connectivity index (χ4v) is 2.25. The van der Waals surface area contributed by atoms with Crippen LogP contribution in [0.5, 0.6) is 0 Å². The Hall–Kier alpha value is -0.960. The van der Waals surface area contributed by atoms with Crippen LogP contribution in [0.25, 0.3) is 0 Å². The SMILES string of the molecule is COC1=C(O)C=C2CN(C)CCC2C1. The molecule has 78 valence electrons. The largest absolute Gasteiger partial charge is 0.504 e.